The van der Waals surface area contributed by atoms with E-state index in [9.17, 15) is 13.2 Å². The van der Waals surface area contributed by atoms with Crippen molar-refractivity contribution in [2.75, 3.05) is 20.7 Å². The maximum Gasteiger partial charge on any atom is 0.242 e. The number of nitrogens with one attached hydrogen (secondary N) is 1. The fraction of sp³-hybridized carbons (Fsp3) is 0.381. The summed E-state index contributed by atoms with van der Waals surface area (Å²) in [5.74, 6) is 0.773. The minimum absolute atomic E-state index is 0.0640. The van der Waals surface area contributed by atoms with Gasteiger partial charge in [-0.25, -0.2) is 12.7 Å². The van der Waals surface area contributed by atoms with Crippen LogP contribution in [0.5, 0.6) is 5.75 Å². The van der Waals surface area contributed by atoms with Crippen LogP contribution < -0.4 is 10.1 Å². The number of rotatable bonds is 9. The first-order chi connectivity index (χ1) is 13.2. The van der Waals surface area contributed by atoms with Crippen LogP contribution in [0.2, 0.25) is 0 Å². The predicted octanol–water partition coefficient (Wildman–Crippen LogP) is 3.28. The maximum atomic E-state index is 12.2. The lowest BCUT2D eigenvalue weighted by molar-refractivity contribution is -0.121. The topological polar surface area (TPSA) is 75.7 Å². The fourth-order valence-corrected chi connectivity index (χ4v) is 3.57. The number of benzene rings is 2. The highest BCUT2D eigenvalue weighted by atomic mass is 32.2. The Morgan fingerprint density at radius 2 is 1.75 bits per heavy atom. The van der Waals surface area contributed by atoms with Gasteiger partial charge >= 0.3 is 0 Å². The number of nitrogens with zero attached hydrogens (tertiary/aromatic N) is 1. The Bertz CT molecular complexity index is 893. The molecule has 2 aromatic rings. The van der Waals surface area contributed by atoms with Crippen molar-refractivity contribution in [3.05, 3.63) is 59.7 Å². The van der Waals surface area contributed by atoms with E-state index in [4.69, 9.17) is 4.74 Å². The summed E-state index contributed by atoms with van der Waals surface area (Å²) in [6.45, 7) is 4.33. The number of carbonyl (C=O) groups is 1. The smallest absolute Gasteiger partial charge is 0.242 e. The van der Waals surface area contributed by atoms with Gasteiger partial charge in [0.05, 0.1) is 17.5 Å². The molecule has 0 aromatic heterocycles. The van der Waals surface area contributed by atoms with Gasteiger partial charge in [0.15, 0.2) is 0 Å². The van der Waals surface area contributed by atoms with Crippen molar-refractivity contribution in [3.8, 4) is 5.75 Å². The van der Waals surface area contributed by atoms with Gasteiger partial charge in [0, 0.05) is 20.5 Å². The summed E-state index contributed by atoms with van der Waals surface area (Å²) in [5, 5.41) is 2.93. The molecule has 0 aliphatic carbocycles. The summed E-state index contributed by atoms with van der Waals surface area (Å²) in [6.07, 6.45) is 0.982. The second kappa shape index (κ2) is 9.71. The standard InChI is InChI=1S/C21H28N2O4S/c1-16-8-5-6-9-20(16)27-15-7-10-21(24)22-17(2)18-11-13-19(14-12-18)28(25,26)23(3)4/h5-6,8-9,11-14,17H,7,10,15H2,1-4H3,(H,22,24). The molecule has 2 rings (SSSR count). The number of para-hydroxylation sites is 1. The molecule has 0 saturated carbocycles. The summed E-state index contributed by atoms with van der Waals surface area (Å²) in [6, 6.07) is 14.1. The van der Waals surface area contributed by atoms with Gasteiger partial charge in [-0.2, -0.15) is 0 Å². The zero-order valence-electron chi connectivity index (χ0n) is 16.8. The summed E-state index contributed by atoms with van der Waals surface area (Å²) in [7, 11) is -0.461. The van der Waals surface area contributed by atoms with Crippen LogP contribution >= 0.6 is 0 Å². The lowest BCUT2D eigenvalue weighted by Crippen LogP contribution is -2.27. The highest BCUT2D eigenvalue weighted by Gasteiger charge is 2.17. The number of hydrogen-bond acceptors (Lipinski definition) is 4. The van der Waals surface area contributed by atoms with Gasteiger partial charge in [-0.3, -0.25) is 4.79 Å². The summed E-state index contributed by atoms with van der Waals surface area (Å²) >= 11 is 0. The Balaban J connectivity index is 1.81. The molecule has 0 fully saturated rings. The quantitative estimate of drug-likeness (QED) is 0.651. The highest BCUT2D eigenvalue weighted by Crippen LogP contribution is 2.19. The molecular formula is C21H28N2O4S. The molecule has 0 aliphatic heterocycles. The Labute approximate surface area is 167 Å². The lowest BCUT2D eigenvalue weighted by atomic mass is 10.1. The highest BCUT2D eigenvalue weighted by molar-refractivity contribution is 7.89. The largest absolute Gasteiger partial charge is 0.493 e. The Kier molecular flexibility index (Phi) is 7.60. The fourth-order valence-electron chi connectivity index (χ4n) is 2.67. The molecule has 1 unspecified atom stereocenters. The lowest BCUT2D eigenvalue weighted by Gasteiger charge is -2.16. The van der Waals surface area contributed by atoms with Crippen LogP contribution in [-0.2, 0) is 14.8 Å². The number of sulfonamides is 1. The summed E-state index contributed by atoms with van der Waals surface area (Å²) < 4.78 is 31.1. The molecule has 1 amide bonds. The van der Waals surface area contributed by atoms with E-state index >= 15 is 0 Å². The van der Waals surface area contributed by atoms with E-state index in [1.165, 1.54) is 18.4 Å². The van der Waals surface area contributed by atoms with E-state index in [2.05, 4.69) is 5.32 Å². The minimum atomic E-state index is -3.45. The molecule has 0 heterocycles. The third-order valence-corrected chi connectivity index (χ3v) is 6.26. The molecule has 0 bridgehead atoms. The second-order valence-electron chi connectivity index (χ2n) is 6.86. The normalized spacial score (nSPS) is 12.6. The first-order valence-electron chi connectivity index (χ1n) is 9.22. The van der Waals surface area contributed by atoms with Gasteiger partial charge in [0.2, 0.25) is 15.9 Å². The van der Waals surface area contributed by atoms with Gasteiger partial charge in [-0.05, 0) is 49.6 Å². The first-order valence-corrected chi connectivity index (χ1v) is 10.7. The monoisotopic (exact) mass is 404 g/mol. The van der Waals surface area contributed by atoms with Crippen molar-refractivity contribution < 1.29 is 17.9 Å². The number of aryl methyl sites for hydroxylation is 1. The third kappa shape index (κ3) is 5.81. The molecule has 0 saturated heterocycles. The van der Waals surface area contributed by atoms with Crippen LogP contribution in [0, 0.1) is 6.92 Å². The number of carbonyl (C=O) groups excluding carboxylic acids is 1. The van der Waals surface area contributed by atoms with Crippen molar-refractivity contribution >= 4 is 15.9 Å². The van der Waals surface area contributed by atoms with Crippen LogP contribution in [0.25, 0.3) is 0 Å². The van der Waals surface area contributed by atoms with E-state index in [-0.39, 0.29) is 16.8 Å². The van der Waals surface area contributed by atoms with E-state index in [1.54, 1.807) is 24.3 Å². The number of ether oxygens (including phenoxy) is 1. The maximum absolute atomic E-state index is 12.2. The zero-order valence-corrected chi connectivity index (χ0v) is 17.6. The predicted molar refractivity (Wildman–Crippen MR) is 110 cm³/mol. The molecule has 152 valence electrons. The third-order valence-electron chi connectivity index (χ3n) is 4.44. The zero-order chi connectivity index (χ0) is 20.7. The van der Waals surface area contributed by atoms with Crippen LogP contribution in [0.15, 0.2) is 53.4 Å². The minimum Gasteiger partial charge on any atom is -0.493 e. The molecule has 1 N–H and O–H groups in total. The van der Waals surface area contributed by atoms with Gasteiger partial charge in [-0.1, -0.05) is 30.3 Å². The van der Waals surface area contributed by atoms with Gasteiger partial charge in [0.1, 0.15) is 5.75 Å². The molecule has 28 heavy (non-hydrogen) atoms. The average Bonchev–Trinajstić information content (AvgIpc) is 2.66. The second-order valence-corrected chi connectivity index (χ2v) is 9.02. The van der Waals surface area contributed by atoms with E-state index in [0.717, 1.165) is 16.9 Å². The van der Waals surface area contributed by atoms with Gasteiger partial charge in [0.25, 0.3) is 0 Å². The van der Waals surface area contributed by atoms with Gasteiger partial charge < -0.3 is 10.1 Å². The molecule has 2 aromatic carbocycles. The Morgan fingerprint density at radius 1 is 1.11 bits per heavy atom. The van der Waals surface area contributed by atoms with Crippen molar-refractivity contribution in [2.24, 2.45) is 0 Å². The summed E-state index contributed by atoms with van der Waals surface area (Å²) in [5.41, 5.74) is 1.92. The van der Waals surface area contributed by atoms with Crippen LogP contribution in [-0.4, -0.2) is 39.3 Å². The Hall–Kier alpha value is -2.38. The SMILES string of the molecule is Cc1ccccc1OCCCC(=O)NC(C)c1ccc(S(=O)(=O)N(C)C)cc1. The van der Waals surface area contributed by atoms with Crippen molar-refractivity contribution in [2.45, 2.75) is 37.6 Å². The van der Waals surface area contributed by atoms with E-state index in [0.29, 0.717) is 19.4 Å². The molecule has 6 nitrogen and oxygen atoms in total. The van der Waals surface area contributed by atoms with Crippen LogP contribution in [0.4, 0.5) is 0 Å². The molecule has 1 atom stereocenters. The summed E-state index contributed by atoms with van der Waals surface area (Å²) in [4.78, 5) is 12.4. The van der Waals surface area contributed by atoms with Gasteiger partial charge in [-0.15, -0.1) is 0 Å². The number of amides is 1. The molecule has 0 aliphatic rings. The first kappa shape index (κ1) is 21.9. The number of hydrogen-bond donors (Lipinski definition) is 1. The molecule has 0 spiro atoms. The molecule has 7 heteroatoms. The Morgan fingerprint density at radius 3 is 2.36 bits per heavy atom. The molecule has 0 radical (unpaired) electrons. The van der Waals surface area contributed by atoms with Crippen molar-refractivity contribution in [3.63, 3.8) is 0 Å². The molecular weight excluding hydrogens is 376 g/mol. The van der Waals surface area contributed by atoms with E-state index in [1.807, 2.05) is 38.1 Å². The average molecular weight is 405 g/mol. The van der Waals surface area contributed by atoms with Crippen molar-refractivity contribution in [1.29, 1.82) is 0 Å². The van der Waals surface area contributed by atoms with Crippen LogP contribution in [0.1, 0.15) is 36.9 Å². The van der Waals surface area contributed by atoms with E-state index < -0.39 is 10.0 Å². The van der Waals surface area contributed by atoms with Crippen LogP contribution in [0.3, 0.4) is 0 Å². The van der Waals surface area contributed by atoms with Crippen molar-refractivity contribution in [1.82, 2.24) is 9.62 Å².